The van der Waals surface area contributed by atoms with E-state index in [0.29, 0.717) is 6.42 Å². The summed E-state index contributed by atoms with van der Waals surface area (Å²) in [4.78, 5) is 23.9. The number of terminal acetylenes is 1. The topological polar surface area (TPSA) is 71.1 Å². The second-order valence-electron chi connectivity index (χ2n) is 4.71. The summed E-state index contributed by atoms with van der Waals surface area (Å²) in [6.07, 6.45) is 6.31. The second kappa shape index (κ2) is 7.27. The number of hydrogen-bond acceptors (Lipinski definition) is 6. The Labute approximate surface area is 118 Å². The van der Waals surface area contributed by atoms with Crippen molar-refractivity contribution in [1.29, 1.82) is 0 Å². The molecule has 20 heavy (non-hydrogen) atoms. The highest BCUT2D eigenvalue weighted by Gasteiger charge is 2.49. The standard InChI is InChI=1S/C14H20O6/c1-5-8-14(12(15)17-3,13(16)18-4)9-19-11-7-6-10(2)20-11/h1,10-11H,6-9H2,2-4H3. The fourth-order valence-corrected chi connectivity index (χ4v) is 2.09. The van der Waals surface area contributed by atoms with Crippen molar-refractivity contribution >= 4 is 11.9 Å². The Morgan fingerprint density at radius 2 is 1.90 bits per heavy atom. The van der Waals surface area contributed by atoms with Gasteiger partial charge in [0.05, 0.1) is 26.9 Å². The monoisotopic (exact) mass is 284 g/mol. The van der Waals surface area contributed by atoms with Gasteiger partial charge in [0.2, 0.25) is 0 Å². The molecule has 1 rings (SSSR count). The summed E-state index contributed by atoms with van der Waals surface area (Å²) < 4.78 is 20.3. The molecule has 2 unspecified atom stereocenters. The molecular weight excluding hydrogens is 264 g/mol. The third kappa shape index (κ3) is 3.50. The number of ether oxygens (including phenoxy) is 4. The Morgan fingerprint density at radius 1 is 1.30 bits per heavy atom. The molecule has 0 spiro atoms. The molecule has 6 heteroatoms. The fourth-order valence-electron chi connectivity index (χ4n) is 2.09. The summed E-state index contributed by atoms with van der Waals surface area (Å²) in [5.41, 5.74) is -1.65. The lowest BCUT2D eigenvalue weighted by Crippen LogP contribution is -2.45. The molecule has 1 heterocycles. The van der Waals surface area contributed by atoms with Crippen molar-refractivity contribution in [3.8, 4) is 12.3 Å². The predicted octanol–water partition coefficient (Wildman–Crippen LogP) is 0.884. The molecule has 0 amide bonds. The Balaban J connectivity index is 2.83. The van der Waals surface area contributed by atoms with Crippen LogP contribution >= 0.6 is 0 Å². The number of rotatable bonds is 6. The van der Waals surface area contributed by atoms with Crippen molar-refractivity contribution in [1.82, 2.24) is 0 Å². The van der Waals surface area contributed by atoms with Gasteiger partial charge >= 0.3 is 11.9 Å². The van der Waals surface area contributed by atoms with Crippen LogP contribution in [0.15, 0.2) is 0 Å². The molecule has 0 aromatic heterocycles. The Morgan fingerprint density at radius 3 is 2.30 bits per heavy atom. The van der Waals surface area contributed by atoms with Gasteiger partial charge in [0.25, 0.3) is 0 Å². The third-order valence-electron chi connectivity index (χ3n) is 3.26. The summed E-state index contributed by atoms with van der Waals surface area (Å²) in [5, 5.41) is 0. The van der Waals surface area contributed by atoms with Crippen LogP contribution in [0.5, 0.6) is 0 Å². The number of esters is 2. The first kappa shape index (κ1) is 16.5. The van der Waals surface area contributed by atoms with E-state index in [2.05, 4.69) is 15.4 Å². The van der Waals surface area contributed by atoms with E-state index >= 15 is 0 Å². The van der Waals surface area contributed by atoms with Crippen molar-refractivity contribution < 1.29 is 28.5 Å². The van der Waals surface area contributed by atoms with Gasteiger partial charge in [0.1, 0.15) is 0 Å². The van der Waals surface area contributed by atoms with Crippen molar-refractivity contribution in [2.24, 2.45) is 5.41 Å². The van der Waals surface area contributed by atoms with Crippen LogP contribution in [0.4, 0.5) is 0 Å². The molecule has 1 saturated heterocycles. The van der Waals surface area contributed by atoms with Gasteiger partial charge in [-0.3, -0.25) is 9.59 Å². The van der Waals surface area contributed by atoms with Crippen molar-refractivity contribution in [3.05, 3.63) is 0 Å². The zero-order chi connectivity index (χ0) is 15.2. The zero-order valence-corrected chi connectivity index (χ0v) is 12.0. The van der Waals surface area contributed by atoms with E-state index in [-0.39, 0.29) is 19.1 Å². The van der Waals surface area contributed by atoms with E-state index in [1.54, 1.807) is 0 Å². The quantitative estimate of drug-likeness (QED) is 0.410. The summed E-state index contributed by atoms with van der Waals surface area (Å²) in [7, 11) is 2.37. The SMILES string of the molecule is C#CCC(COC1CCC(C)O1)(C(=O)OC)C(=O)OC. The molecule has 1 aliphatic rings. The van der Waals surface area contributed by atoms with Crippen LogP contribution in [0.3, 0.4) is 0 Å². The van der Waals surface area contributed by atoms with Crippen LogP contribution in [0, 0.1) is 17.8 Å². The maximum absolute atomic E-state index is 12.0. The molecule has 0 N–H and O–H groups in total. The van der Waals surface area contributed by atoms with E-state index in [9.17, 15) is 9.59 Å². The van der Waals surface area contributed by atoms with Gasteiger partial charge in [-0.1, -0.05) is 0 Å². The molecule has 0 bridgehead atoms. The van der Waals surface area contributed by atoms with Crippen LogP contribution in [-0.4, -0.2) is 45.2 Å². The average molecular weight is 284 g/mol. The van der Waals surface area contributed by atoms with Crippen molar-refractivity contribution in [2.75, 3.05) is 20.8 Å². The van der Waals surface area contributed by atoms with Gasteiger partial charge in [-0.25, -0.2) is 0 Å². The largest absolute Gasteiger partial charge is 0.468 e. The lowest BCUT2D eigenvalue weighted by molar-refractivity contribution is -0.187. The van der Waals surface area contributed by atoms with Gasteiger partial charge < -0.3 is 18.9 Å². The summed E-state index contributed by atoms with van der Waals surface area (Å²) in [6, 6.07) is 0. The molecule has 0 aromatic rings. The highest BCUT2D eigenvalue weighted by atomic mass is 16.7. The molecule has 0 aliphatic carbocycles. The zero-order valence-electron chi connectivity index (χ0n) is 12.0. The van der Waals surface area contributed by atoms with Crippen LogP contribution in [-0.2, 0) is 28.5 Å². The maximum atomic E-state index is 12.0. The van der Waals surface area contributed by atoms with E-state index in [4.69, 9.17) is 15.9 Å². The van der Waals surface area contributed by atoms with Gasteiger partial charge in [0.15, 0.2) is 11.7 Å². The molecule has 112 valence electrons. The van der Waals surface area contributed by atoms with Gasteiger partial charge in [-0.15, -0.1) is 12.3 Å². The number of carbonyl (C=O) groups excluding carboxylic acids is 2. The molecule has 1 fully saturated rings. The van der Waals surface area contributed by atoms with Crippen molar-refractivity contribution in [3.63, 3.8) is 0 Å². The van der Waals surface area contributed by atoms with Crippen LogP contribution in [0.1, 0.15) is 26.2 Å². The minimum Gasteiger partial charge on any atom is -0.468 e. The molecule has 2 atom stereocenters. The number of hydrogen-bond donors (Lipinski definition) is 0. The van der Waals surface area contributed by atoms with Crippen LogP contribution < -0.4 is 0 Å². The molecule has 1 aliphatic heterocycles. The Bertz CT molecular complexity index is 381. The van der Waals surface area contributed by atoms with Crippen LogP contribution in [0.2, 0.25) is 0 Å². The Hall–Kier alpha value is -1.58. The summed E-state index contributed by atoms with van der Waals surface area (Å²) in [6.45, 7) is 1.70. The highest BCUT2D eigenvalue weighted by Crippen LogP contribution is 2.29. The predicted molar refractivity (Wildman–Crippen MR) is 69.4 cm³/mol. The second-order valence-corrected chi connectivity index (χ2v) is 4.71. The summed E-state index contributed by atoms with van der Waals surface area (Å²) >= 11 is 0. The lowest BCUT2D eigenvalue weighted by Gasteiger charge is -2.27. The van der Waals surface area contributed by atoms with E-state index < -0.39 is 23.6 Å². The van der Waals surface area contributed by atoms with Crippen molar-refractivity contribution in [2.45, 2.75) is 38.6 Å². The average Bonchev–Trinajstić information content (AvgIpc) is 2.87. The minimum atomic E-state index is -1.65. The molecule has 0 saturated carbocycles. The highest BCUT2D eigenvalue weighted by molar-refractivity contribution is 6.00. The van der Waals surface area contributed by atoms with E-state index in [0.717, 1.165) is 6.42 Å². The van der Waals surface area contributed by atoms with E-state index in [1.807, 2.05) is 6.92 Å². The Kier molecular flexibility index (Phi) is 5.99. The number of carbonyl (C=O) groups is 2. The van der Waals surface area contributed by atoms with Crippen LogP contribution in [0.25, 0.3) is 0 Å². The first-order chi connectivity index (χ1) is 9.50. The maximum Gasteiger partial charge on any atom is 0.326 e. The first-order valence-electron chi connectivity index (χ1n) is 6.37. The van der Waals surface area contributed by atoms with E-state index in [1.165, 1.54) is 14.2 Å². The number of methoxy groups -OCH3 is 2. The molecule has 6 nitrogen and oxygen atoms in total. The minimum absolute atomic E-state index is 0.0956. The van der Waals surface area contributed by atoms with Gasteiger partial charge in [-0.05, 0) is 13.3 Å². The first-order valence-corrected chi connectivity index (χ1v) is 6.37. The van der Waals surface area contributed by atoms with Gasteiger partial charge in [-0.2, -0.15) is 0 Å². The lowest BCUT2D eigenvalue weighted by atomic mass is 9.85. The summed E-state index contributed by atoms with van der Waals surface area (Å²) in [5.74, 6) is 0.761. The smallest absolute Gasteiger partial charge is 0.326 e. The normalized spacial score (nSPS) is 22.1. The molecule has 0 aromatic carbocycles. The molecular formula is C14H20O6. The molecule has 0 radical (unpaired) electrons. The third-order valence-corrected chi connectivity index (χ3v) is 3.26. The fraction of sp³-hybridized carbons (Fsp3) is 0.714. The van der Waals surface area contributed by atoms with Gasteiger partial charge in [0, 0.05) is 12.8 Å².